The summed E-state index contributed by atoms with van der Waals surface area (Å²) in [6, 6.07) is 1.70. The van der Waals surface area contributed by atoms with Crippen LogP contribution >= 0.6 is 12.2 Å². The van der Waals surface area contributed by atoms with Crippen molar-refractivity contribution in [2.75, 3.05) is 13.6 Å². The summed E-state index contributed by atoms with van der Waals surface area (Å²) in [5, 5.41) is 0. The van der Waals surface area contributed by atoms with Crippen LogP contribution in [0.4, 0.5) is 0 Å². The molecule has 0 radical (unpaired) electrons. The van der Waals surface area contributed by atoms with Crippen molar-refractivity contribution in [3.8, 4) is 0 Å². The van der Waals surface area contributed by atoms with Crippen LogP contribution in [-0.2, 0) is 6.42 Å². The largest absolute Gasteiger partial charge is 0.469 e. The van der Waals surface area contributed by atoms with Gasteiger partial charge < -0.3 is 15.1 Å². The second-order valence-electron chi connectivity index (χ2n) is 4.10. The average molecular weight is 254 g/mol. The van der Waals surface area contributed by atoms with Gasteiger partial charge in [-0.1, -0.05) is 26.1 Å². The summed E-state index contributed by atoms with van der Waals surface area (Å²) in [7, 11) is 1.74. The third-order valence-electron chi connectivity index (χ3n) is 2.68. The molecular weight excluding hydrogens is 236 g/mol. The van der Waals surface area contributed by atoms with Gasteiger partial charge in [0.25, 0.3) is 5.91 Å². The number of carbonyl (C=O) groups excluding carboxylic acids is 1. The van der Waals surface area contributed by atoms with E-state index in [1.165, 1.54) is 6.26 Å². The first kappa shape index (κ1) is 13.7. The van der Waals surface area contributed by atoms with E-state index in [0.29, 0.717) is 29.3 Å². The molecule has 0 fully saturated rings. The van der Waals surface area contributed by atoms with Crippen LogP contribution in [0, 0.1) is 5.92 Å². The van der Waals surface area contributed by atoms with Gasteiger partial charge in [-0.05, 0) is 6.07 Å². The molecule has 1 aromatic rings. The average Bonchev–Trinajstić information content (AvgIpc) is 2.75. The van der Waals surface area contributed by atoms with E-state index in [9.17, 15) is 4.79 Å². The van der Waals surface area contributed by atoms with Crippen LogP contribution in [0.25, 0.3) is 0 Å². The fourth-order valence-electron chi connectivity index (χ4n) is 1.59. The Bertz CT molecular complexity index is 414. The monoisotopic (exact) mass is 254 g/mol. The minimum absolute atomic E-state index is 0.0101. The highest BCUT2D eigenvalue weighted by atomic mass is 32.1. The van der Waals surface area contributed by atoms with E-state index in [-0.39, 0.29) is 11.8 Å². The molecule has 1 amide bonds. The molecule has 1 heterocycles. The van der Waals surface area contributed by atoms with Crippen LogP contribution in [-0.4, -0.2) is 29.4 Å². The smallest absolute Gasteiger partial charge is 0.257 e. The molecule has 0 aliphatic rings. The molecule has 0 aromatic carbocycles. The molecule has 0 bridgehead atoms. The third-order valence-corrected chi connectivity index (χ3v) is 3.08. The zero-order valence-electron chi connectivity index (χ0n) is 10.4. The number of hydrogen-bond acceptors (Lipinski definition) is 3. The summed E-state index contributed by atoms with van der Waals surface area (Å²) in [5.74, 6) is 0.666. The van der Waals surface area contributed by atoms with Crippen LogP contribution in [0.2, 0.25) is 0 Å². The Kier molecular flexibility index (Phi) is 4.69. The molecule has 0 aliphatic heterocycles. The maximum absolute atomic E-state index is 12.1. The molecule has 0 spiro atoms. The molecule has 1 aromatic heterocycles. The second kappa shape index (κ2) is 5.82. The molecule has 0 aliphatic carbocycles. The van der Waals surface area contributed by atoms with E-state index >= 15 is 0 Å². The minimum atomic E-state index is -0.0568. The number of furan rings is 1. The highest BCUT2D eigenvalue weighted by Gasteiger charge is 2.19. The van der Waals surface area contributed by atoms with Gasteiger partial charge in [0.05, 0.1) is 16.8 Å². The Balaban J connectivity index is 2.73. The molecule has 5 heteroatoms. The summed E-state index contributed by atoms with van der Waals surface area (Å²) in [4.78, 5) is 14.2. The number of hydrogen-bond donors (Lipinski definition) is 1. The van der Waals surface area contributed by atoms with E-state index in [1.54, 1.807) is 18.0 Å². The first-order valence-electron chi connectivity index (χ1n) is 5.58. The third kappa shape index (κ3) is 3.30. The summed E-state index contributed by atoms with van der Waals surface area (Å²) in [6.45, 7) is 4.37. The Morgan fingerprint density at radius 1 is 1.65 bits per heavy atom. The lowest BCUT2D eigenvalue weighted by atomic mass is 10.1. The number of thiocarbonyl (C=S) groups is 1. The van der Waals surface area contributed by atoms with Crippen LogP contribution in [0.1, 0.15) is 30.0 Å². The van der Waals surface area contributed by atoms with Crippen molar-refractivity contribution in [3.63, 3.8) is 0 Å². The molecule has 0 saturated heterocycles. The van der Waals surface area contributed by atoms with Crippen molar-refractivity contribution in [3.05, 3.63) is 23.7 Å². The summed E-state index contributed by atoms with van der Waals surface area (Å²) >= 11 is 4.89. The quantitative estimate of drug-likeness (QED) is 0.814. The van der Waals surface area contributed by atoms with Crippen LogP contribution < -0.4 is 5.73 Å². The van der Waals surface area contributed by atoms with Gasteiger partial charge in [-0.3, -0.25) is 4.79 Å². The van der Waals surface area contributed by atoms with Gasteiger partial charge in [-0.25, -0.2) is 0 Å². The van der Waals surface area contributed by atoms with Crippen LogP contribution in [0.15, 0.2) is 16.7 Å². The highest BCUT2D eigenvalue weighted by Crippen LogP contribution is 2.14. The van der Waals surface area contributed by atoms with E-state index in [2.05, 4.69) is 0 Å². The van der Waals surface area contributed by atoms with Gasteiger partial charge in [0.15, 0.2) is 0 Å². The van der Waals surface area contributed by atoms with Gasteiger partial charge in [0.2, 0.25) is 0 Å². The first-order chi connectivity index (χ1) is 7.97. The zero-order valence-corrected chi connectivity index (χ0v) is 11.2. The Morgan fingerprint density at radius 2 is 2.29 bits per heavy atom. The van der Waals surface area contributed by atoms with Crippen molar-refractivity contribution < 1.29 is 9.21 Å². The van der Waals surface area contributed by atoms with Crippen molar-refractivity contribution in [2.45, 2.75) is 20.3 Å². The predicted molar refractivity (Wildman–Crippen MR) is 71.0 cm³/mol. The molecular formula is C12H18N2O2S. The van der Waals surface area contributed by atoms with Gasteiger partial charge >= 0.3 is 0 Å². The normalized spacial score (nSPS) is 12.2. The molecule has 2 N–H and O–H groups in total. The molecule has 1 atom stereocenters. The summed E-state index contributed by atoms with van der Waals surface area (Å²) in [6.07, 6.45) is 2.24. The second-order valence-corrected chi connectivity index (χ2v) is 4.57. The van der Waals surface area contributed by atoms with E-state index < -0.39 is 0 Å². The van der Waals surface area contributed by atoms with Crippen molar-refractivity contribution in [2.24, 2.45) is 11.7 Å². The molecule has 0 saturated carbocycles. The standard InChI is InChI=1S/C12H18N2O2S/c1-4-10-9(5-6-16-10)12(15)14(3)7-8(2)11(13)17/h5-6,8H,4,7H2,1-3H3,(H2,13,17). The van der Waals surface area contributed by atoms with Crippen molar-refractivity contribution >= 4 is 23.1 Å². The first-order valence-corrected chi connectivity index (χ1v) is 5.99. The van der Waals surface area contributed by atoms with Gasteiger partial charge in [-0.2, -0.15) is 0 Å². The Morgan fingerprint density at radius 3 is 2.82 bits per heavy atom. The topological polar surface area (TPSA) is 59.5 Å². The van der Waals surface area contributed by atoms with Crippen LogP contribution in [0.3, 0.4) is 0 Å². The molecule has 17 heavy (non-hydrogen) atoms. The fraction of sp³-hybridized carbons (Fsp3) is 0.500. The highest BCUT2D eigenvalue weighted by molar-refractivity contribution is 7.80. The van der Waals surface area contributed by atoms with E-state index in [0.717, 1.165) is 0 Å². The van der Waals surface area contributed by atoms with Crippen molar-refractivity contribution in [1.82, 2.24) is 4.90 Å². The van der Waals surface area contributed by atoms with Crippen LogP contribution in [0.5, 0.6) is 0 Å². The van der Waals surface area contributed by atoms with Crippen molar-refractivity contribution in [1.29, 1.82) is 0 Å². The SMILES string of the molecule is CCc1occc1C(=O)N(C)CC(C)C(N)=S. The van der Waals surface area contributed by atoms with Gasteiger partial charge in [0.1, 0.15) is 5.76 Å². The number of amides is 1. The Hall–Kier alpha value is -1.36. The van der Waals surface area contributed by atoms with Gasteiger partial charge in [0, 0.05) is 25.9 Å². The van der Waals surface area contributed by atoms with Gasteiger partial charge in [-0.15, -0.1) is 0 Å². The fourth-order valence-corrected chi connectivity index (χ4v) is 1.67. The number of carbonyl (C=O) groups is 1. The maximum Gasteiger partial charge on any atom is 0.257 e. The molecule has 94 valence electrons. The van der Waals surface area contributed by atoms with E-state index in [4.69, 9.17) is 22.4 Å². The number of nitrogens with zero attached hydrogens (tertiary/aromatic N) is 1. The molecule has 1 unspecified atom stereocenters. The van der Waals surface area contributed by atoms with E-state index in [1.807, 2.05) is 13.8 Å². The predicted octanol–water partition coefficient (Wildman–Crippen LogP) is 1.84. The lowest BCUT2D eigenvalue weighted by Gasteiger charge is -2.20. The number of rotatable bonds is 5. The summed E-state index contributed by atoms with van der Waals surface area (Å²) in [5.41, 5.74) is 6.15. The molecule has 4 nitrogen and oxygen atoms in total. The lowest BCUT2D eigenvalue weighted by Crippen LogP contribution is -2.35. The molecule has 1 rings (SSSR count). The number of aryl methyl sites for hydroxylation is 1. The zero-order chi connectivity index (χ0) is 13.0. The summed E-state index contributed by atoms with van der Waals surface area (Å²) < 4.78 is 5.24. The maximum atomic E-state index is 12.1. The minimum Gasteiger partial charge on any atom is -0.469 e. The number of nitrogens with two attached hydrogens (primary N) is 1. The lowest BCUT2D eigenvalue weighted by molar-refractivity contribution is 0.0784. The Labute approximate surface area is 107 Å².